The summed E-state index contributed by atoms with van der Waals surface area (Å²) in [6, 6.07) is 11.9. The number of carbonyl (C=O) groups excluding carboxylic acids is 3. The van der Waals surface area contributed by atoms with Gasteiger partial charge in [0.2, 0.25) is 0 Å². The highest BCUT2D eigenvalue weighted by molar-refractivity contribution is 6.00. The predicted molar refractivity (Wildman–Crippen MR) is 121 cm³/mol. The maximum atomic E-state index is 12.4. The first-order chi connectivity index (χ1) is 16.4. The molecule has 2 aromatic carbocycles. The average molecular weight is 490 g/mol. The first-order valence-corrected chi connectivity index (χ1v) is 10.1. The summed E-state index contributed by atoms with van der Waals surface area (Å²) in [5.41, 5.74) is 8.39. The van der Waals surface area contributed by atoms with Gasteiger partial charge in [0.25, 0.3) is 5.91 Å². The molecule has 35 heavy (non-hydrogen) atoms. The van der Waals surface area contributed by atoms with E-state index in [1.165, 1.54) is 0 Å². The van der Waals surface area contributed by atoms with Crippen molar-refractivity contribution in [1.82, 2.24) is 9.94 Å². The van der Waals surface area contributed by atoms with Gasteiger partial charge in [0.05, 0.1) is 11.9 Å². The van der Waals surface area contributed by atoms with Crippen molar-refractivity contribution in [1.29, 1.82) is 0 Å². The molecule has 0 fully saturated rings. The average Bonchev–Trinajstić information content (AvgIpc) is 3.17. The number of carbonyl (C=O) groups is 3. The zero-order valence-electron chi connectivity index (χ0n) is 18.6. The second-order valence-corrected chi connectivity index (χ2v) is 7.49. The Hall–Kier alpha value is -4.55. The van der Waals surface area contributed by atoms with E-state index in [1.54, 1.807) is 24.3 Å². The van der Waals surface area contributed by atoms with E-state index in [4.69, 9.17) is 5.73 Å². The summed E-state index contributed by atoms with van der Waals surface area (Å²) in [4.78, 5) is 39.3. The van der Waals surface area contributed by atoms with Crippen molar-refractivity contribution in [2.75, 3.05) is 16.0 Å². The Balaban J connectivity index is 1.66. The maximum absolute atomic E-state index is 12.4. The molecule has 184 valence electrons. The van der Waals surface area contributed by atoms with Crippen LogP contribution < -0.4 is 26.5 Å². The lowest BCUT2D eigenvalue weighted by molar-refractivity contribution is -0.201. The fourth-order valence-electron chi connectivity index (χ4n) is 2.96. The lowest BCUT2D eigenvalue weighted by Gasteiger charge is -2.12. The van der Waals surface area contributed by atoms with Crippen molar-refractivity contribution < 1.29 is 32.4 Å². The number of primary amides is 1. The number of nitrogens with one attached hydrogen (secondary N) is 3. The Bertz CT molecular complexity index is 1270. The van der Waals surface area contributed by atoms with Crippen molar-refractivity contribution in [2.24, 2.45) is 5.73 Å². The standard InChI is InChI=1S/C22H21F3N6O4/c1-12-6-7-13(2)16(8-12)29-21(34)28-15-5-3-4-14(9-15)10-27-17-11-31(30-18(17)19(26)32)35-20(33)22(23,24)25/h3-9,11,27H,10H2,1-2H3,(H2,26,32)(H2,28,29,34). The highest BCUT2D eigenvalue weighted by atomic mass is 19.4. The molecular formula is C22H21F3N6O4. The minimum Gasteiger partial charge on any atom is -0.378 e. The molecule has 0 aliphatic carbocycles. The van der Waals surface area contributed by atoms with Crippen LogP contribution in [0.4, 0.5) is 35.0 Å². The molecule has 3 rings (SSSR count). The highest BCUT2D eigenvalue weighted by Crippen LogP contribution is 2.20. The van der Waals surface area contributed by atoms with Gasteiger partial charge < -0.3 is 26.5 Å². The number of rotatable bonds is 7. The molecule has 5 N–H and O–H groups in total. The van der Waals surface area contributed by atoms with Gasteiger partial charge in [-0.25, -0.2) is 9.59 Å². The first-order valence-electron chi connectivity index (χ1n) is 10.1. The number of aryl methyl sites for hydroxylation is 2. The predicted octanol–water partition coefficient (Wildman–Crippen LogP) is 3.37. The fraction of sp³-hybridized carbons (Fsp3) is 0.182. The lowest BCUT2D eigenvalue weighted by atomic mass is 10.1. The van der Waals surface area contributed by atoms with Crippen molar-refractivity contribution in [3.05, 3.63) is 71.0 Å². The zero-order chi connectivity index (χ0) is 25.8. The summed E-state index contributed by atoms with van der Waals surface area (Å²) in [6.45, 7) is 3.86. The summed E-state index contributed by atoms with van der Waals surface area (Å²) >= 11 is 0. The largest absolute Gasteiger partial charge is 0.493 e. The lowest BCUT2D eigenvalue weighted by Crippen LogP contribution is -2.33. The molecule has 0 radical (unpaired) electrons. The molecule has 0 bridgehead atoms. The topological polar surface area (TPSA) is 140 Å². The van der Waals surface area contributed by atoms with Gasteiger partial charge in [0, 0.05) is 17.9 Å². The Labute approximate surface area is 197 Å². The number of aromatic nitrogens is 2. The van der Waals surface area contributed by atoms with E-state index >= 15 is 0 Å². The fourth-order valence-corrected chi connectivity index (χ4v) is 2.96. The number of amides is 3. The normalized spacial score (nSPS) is 11.0. The highest BCUT2D eigenvalue weighted by Gasteiger charge is 2.42. The number of alkyl halides is 3. The van der Waals surface area contributed by atoms with Crippen LogP contribution in [-0.2, 0) is 11.3 Å². The number of anilines is 3. The number of halogens is 3. The molecule has 1 heterocycles. The number of hydrogen-bond donors (Lipinski definition) is 4. The van der Waals surface area contributed by atoms with Crippen LogP contribution in [0.2, 0.25) is 0 Å². The quantitative estimate of drug-likeness (QED) is 0.400. The molecule has 0 aliphatic rings. The Kier molecular flexibility index (Phi) is 7.28. The van der Waals surface area contributed by atoms with E-state index in [0.29, 0.717) is 16.9 Å². The van der Waals surface area contributed by atoms with Crippen molar-refractivity contribution in [3.63, 3.8) is 0 Å². The summed E-state index contributed by atoms with van der Waals surface area (Å²) < 4.78 is 37.2. The molecule has 10 nitrogen and oxygen atoms in total. The molecule has 0 atom stereocenters. The van der Waals surface area contributed by atoms with Gasteiger partial charge in [0.15, 0.2) is 5.69 Å². The van der Waals surface area contributed by atoms with Crippen LogP contribution in [0, 0.1) is 13.8 Å². The molecule has 13 heteroatoms. The summed E-state index contributed by atoms with van der Waals surface area (Å²) in [5, 5.41) is 11.7. The second-order valence-electron chi connectivity index (χ2n) is 7.49. The van der Waals surface area contributed by atoms with E-state index < -0.39 is 29.8 Å². The van der Waals surface area contributed by atoms with Gasteiger partial charge in [-0.15, -0.1) is 5.10 Å². The number of benzene rings is 2. The zero-order valence-corrected chi connectivity index (χ0v) is 18.6. The molecule has 1 aromatic heterocycles. The Morgan fingerprint density at radius 2 is 1.80 bits per heavy atom. The monoisotopic (exact) mass is 490 g/mol. The molecule has 0 saturated carbocycles. The smallest absolute Gasteiger partial charge is 0.378 e. The Morgan fingerprint density at radius 3 is 2.49 bits per heavy atom. The second kappa shape index (κ2) is 10.2. The molecule has 3 amide bonds. The van der Waals surface area contributed by atoms with Crippen molar-refractivity contribution >= 4 is 35.0 Å². The molecule has 0 aliphatic heterocycles. The van der Waals surface area contributed by atoms with Crippen molar-refractivity contribution in [3.8, 4) is 0 Å². The van der Waals surface area contributed by atoms with Crippen LogP contribution in [0.1, 0.15) is 27.2 Å². The van der Waals surface area contributed by atoms with E-state index in [0.717, 1.165) is 17.3 Å². The number of hydrogen-bond acceptors (Lipinski definition) is 6. The maximum Gasteiger partial charge on any atom is 0.493 e. The Morgan fingerprint density at radius 1 is 1.06 bits per heavy atom. The molecule has 3 aromatic rings. The van der Waals surface area contributed by atoms with Crippen LogP contribution in [0.5, 0.6) is 0 Å². The number of nitrogens with zero attached hydrogens (tertiary/aromatic N) is 2. The van der Waals surface area contributed by atoms with Crippen molar-refractivity contribution in [2.45, 2.75) is 26.6 Å². The molecule has 0 unspecified atom stereocenters. The van der Waals surface area contributed by atoms with E-state index in [-0.39, 0.29) is 17.1 Å². The van der Waals surface area contributed by atoms with Gasteiger partial charge >= 0.3 is 18.2 Å². The van der Waals surface area contributed by atoms with Crippen LogP contribution in [-0.4, -0.2) is 34.0 Å². The minimum absolute atomic E-state index is 0.0569. The summed E-state index contributed by atoms with van der Waals surface area (Å²) in [6.07, 6.45) is -4.37. The van der Waals surface area contributed by atoms with Gasteiger partial charge in [-0.2, -0.15) is 13.2 Å². The van der Waals surface area contributed by atoms with E-state index in [1.807, 2.05) is 32.0 Å². The van der Waals surface area contributed by atoms with Crippen LogP contribution in [0.25, 0.3) is 0 Å². The number of nitrogens with two attached hydrogens (primary N) is 1. The van der Waals surface area contributed by atoms with E-state index in [2.05, 4.69) is 25.9 Å². The van der Waals surface area contributed by atoms with Gasteiger partial charge in [-0.05, 0) is 48.7 Å². The van der Waals surface area contributed by atoms with Gasteiger partial charge in [-0.3, -0.25) is 4.79 Å². The van der Waals surface area contributed by atoms with Crippen LogP contribution in [0.15, 0.2) is 48.7 Å². The van der Waals surface area contributed by atoms with Gasteiger partial charge in [-0.1, -0.05) is 29.1 Å². The van der Waals surface area contributed by atoms with Gasteiger partial charge in [0.1, 0.15) is 0 Å². The third-order valence-electron chi connectivity index (χ3n) is 4.64. The molecule has 0 saturated heterocycles. The molecule has 0 spiro atoms. The number of urea groups is 1. The SMILES string of the molecule is Cc1ccc(C)c(NC(=O)Nc2cccc(CNc3cn(OC(=O)C(F)(F)F)nc3C(N)=O)c2)c1. The minimum atomic E-state index is -5.25. The van der Waals surface area contributed by atoms with Crippen LogP contribution in [0.3, 0.4) is 0 Å². The first kappa shape index (κ1) is 25.1. The summed E-state index contributed by atoms with van der Waals surface area (Å²) in [7, 11) is 0. The summed E-state index contributed by atoms with van der Waals surface area (Å²) in [5.74, 6) is -3.56. The third kappa shape index (κ3) is 6.72. The van der Waals surface area contributed by atoms with E-state index in [9.17, 15) is 27.6 Å². The van der Waals surface area contributed by atoms with Crippen LogP contribution >= 0.6 is 0 Å². The third-order valence-corrected chi connectivity index (χ3v) is 4.64. The molecular weight excluding hydrogens is 469 g/mol.